The quantitative estimate of drug-likeness (QED) is 0.475. The number of nitrogens with zero attached hydrogens (tertiary/aromatic N) is 2. The number of rotatable bonds is 4. The molecule has 0 atom stereocenters. The number of aromatic amines is 1. The van der Waals surface area contributed by atoms with E-state index in [0.717, 1.165) is 37.9 Å². The number of benzene rings is 2. The van der Waals surface area contributed by atoms with Crippen LogP contribution in [0.3, 0.4) is 0 Å². The number of hydrogen-bond donors (Lipinski definition) is 2. The fourth-order valence-electron chi connectivity index (χ4n) is 3.29. The predicted octanol–water partition coefficient (Wildman–Crippen LogP) is 4.90. The summed E-state index contributed by atoms with van der Waals surface area (Å²) in [4.78, 5) is 16.1. The Bertz CT molecular complexity index is 1180. The summed E-state index contributed by atoms with van der Waals surface area (Å²) in [5, 5.41) is 8.44. The minimum atomic E-state index is -0.225. The molecule has 4 rings (SSSR count). The number of aromatic nitrogens is 3. The van der Waals surface area contributed by atoms with Gasteiger partial charge < -0.3 is 15.0 Å². The highest BCUT2D eigenvalue weighted by Gasteiger charge is 2.19. The monoisotopic (exact) mass is 438 g/mol. The largest absolute Gasteiger partial charge is 0.497 e. The first-order valence-electron chi connectivity index (χ1n) is 8.74. The topological polar surface area (TPSA) is 71.9 Å². The molecule has 2 aromatic carbocycles. The lowest BCUT2D eigenvalue weighted by Crippen LogP contribution is -2.15. The highest BCUT2D eigenvalue weighted by Crippen LogP contribution is 2.32. The molecular formula is C21H19BrN4O2. The number of fused-ring (bicyclic) bond motifs is 1. The van der Waals surface area contributed by atoms with Crippen LogP contribution in [0.15, 0.2) is 53.0 Å². The average Bonchev–Trinajstić information content (AvgIpc) is 3.23. The molecule has 0 fully saturated rings. The summed E-state index contributed by atoms with van der Waals surface area (Å²) < 4.78 is 7.93. The molecule has 0 saturated carbocycles. The Morgan fingerprint density at radius 2 is 1.93 bits per heavy atom. The van der Waals surface area contributed by atoms with Gasteiger partial charge in [-0.3, -0.25) is 9.48 Å². The third-order valence-electron chi connectivity index (χ3n) is 4.66. The van der Waals surface area contributed by atoms with Crippen LogP contribution in [0, 0.1) is 6.92 Å². The van der Waals surface area contributed by atoms with Gasteiger partial charge in [0.05, 0.1) is 12.8 Å². The maximum absolute atomic E-state index is 12.9. The Morgan fingerprint density at radius 1 is 1.18 bits per heavy atom. The molecule has 4 aromatic rings. The normalized spacial score (nSPS) is 11.0. The number of halogens is 1. The highest BCUT2D eigenvalue weighted by molar-refractivity contribution is 9.10. The molecule has 28 heavy (non-hydrogen) atoms. The lowest BCUT2D eigenvalue weighted by atomic mass is 10.1. The maximum Gasteiger partial charge on any atom is 0.273 e. The summed E-state index contributed by atoms with van der Waals surface area (Å²) in [6.07, 6.45) is 0. The SMILES string of the molecule is COc1ccc2cc(C(=O)Nc3c(-c4ccc(Br)cc4)c(C)nn3C)[nH]c2c1. The Morgan fingerprint density at radius 3 is 2.64 bits per heavy atom. The van der Waals surface area contributed by atoms with Gasteiger partial charge >= 0.3 is 0 Å². The molecule has 2 heterocycles. The van der Waals surface area contributed by atoms with Gasteiger partial charge in [-0.25, -0.2) is 0 Å². The van der Waals surface area contributed by atoms with Crippen LogP contribution in [-0.4, -0.2) is 27.8 Å². The Balaban J connectivity index is 1.69. The summed E-state index contributed by atoms with van der Waals surface area (Å²) in [6, 6.07) is 15.4. The molecule has 6 nitrogen and oxygen atoms in total. The number of hydrogen-bond acceptors (Lipinski definition) is 3. The van der Waals surface area contributed by atoms with E-state index in [1.165, 1.54) is 0 Å². The molecule has 0 radical (unpaired) electrons. The Kier molecular flexibility index (Phi) is 4.68. The summed E-state index contributed by atoms with van der Waals surface area (Å²) in [7, 11) is 3.44. The van der Waals surface area contributed by atoms with E-state index < -0.39 is 0 Å². The van der Waals surface area contributed by atoms with E-state index >= 15 is 0 Å². The van der Waals surface area contributed by atoms with E-state index in [2.05, 4.69) is 31.3 Å². The fraction of sp³-hybridized carbons (Fsp3) is 0.143. The standard InChI is InChI=1S/C21H19BrN4O2/c1-12-19(13-4-7-15(22)8-5-13)20(26(2)25-12)24-21(27)18-10-14-6-9-16(28-3)11-17(14)23-18/h4-11,23H,1-3H3,(H,24,27). The number of aryl methyl sites for hydroxylation is 2. The Hall–Kier alpha value is -3.06. The number of ether oxygens (including phenoxy) is 1. The van der Waals surface area contributed by atoms with E-state index in [0.29, 0.717) is 11.5 Å². The van der Waals surface area contributed by atoms with E-state index in [4.69, 9.17) is 4.74 Å². The summed E-state index contributed by atoms with van der Waals surface area (Å²) in [5.41, 5.74) is 4.07. The lowest BCUT2D eigenvalue weighted by Gasteiger charge is -2.08. The van der Waals surface area contributed by atoms with Crippen molar-refractivity contribution in [2.45, 2.75) is 6.92 Å². The van der Waals surface area contributed by atoms with E-state index in [9.17, 15) is 4.79 Å². The first-order valence-corrected chi connectivity index (χ1v) is 9.53. The predicted molar refractivity (Wildman–Crippen MR) is 114 cm³/mol. The van der Waals surface area contributed by atoms with Crippen molar-refractivity contribution in [3.8, 4) is 16.9 Å². The van der Waals surface area contributed by atoms with Gasteiger partial charge in [-0.2, -0.15) is 5.10 Å². The first-order chi connectivity index (χ1) is 13.5. The number of carbonyl (C=O) groups excluding carboxylic acids is 1. The van der Waals surface area contributed by atoms with Crippen molar-refractivity contribution in [1.82, 2.24) is 14.8 Å². The van der Waals surface area contributed by atoms with Crippen molar-refractivity contribution in [2.75, 3.05) is 12.4 Å². The average molecular weight is 439 g/mol. The molecule has 0 saturated heterocycles. The lowest BCUT2D eigenvalue weighted by molar-refractivity contribution is 0.102. The van der Waals surface area contributed by atoms with Crippen LogP contribution in [0.2, 0.25) is 0 Å². The molecule has 1 amide bonds. The van der Waals surface area contributed by atoms with Crippen molar-refractivity contribution >= 4 is 38.6 Å². The van der Waals surface area contributed by atoms with Crippen LogP contribution in [0.1, 0.15) is 16.2 Å². The van der Waals surface area contributed by atoms with Crippen LogP contribution in [0.5, 0.6) is 5.75 Å². The minimum Gasteiger partial charge on any atom is -0.497 e. The summed E-state index contributed by atoms with van der Waals surface area (Å²) in [5.74, 6) is 1.17. The number of amides is 1. The Labute approximate surface area is 170 Å². The molecular weight excluding hydrogens is 420 g/mol. The fourth-order valence-corrected chi connectivity index (χ4v) is 3.56. The molecule has 0 aliphatic carbocycles. The first kappa shape index (κ1) is 18.3. The van der Waals surface area contributed by atoms with Crippen LogP contribution in [-0.2, 0) is 7.05 Å². The van der Waals surface area contributed by atoms with Crippen LogP contribution in [0.4, 0.5) is 5.82 Å². The number of nitrogens with one attached hydrogen (secondary N) is 2. The molecule has 0 spiro atoms. The van der Waals surface area contributed by atoms with Crippen molar-refractivity contribution < 1.29 is 9.53 Å². The van der Waals surface area contributed by atoms with Gasteiger partial charge in [0.2, 0.25) is 0 Å². The zero-order valence-electron chi connectivity index (χ0n) is 15.7. The molecule has 2 N–H and O–H groups in total. The van der Waals surface area contributed by atoms with Crippen molar-refractivity contribution in [3.63, 3.8) is 0 Å². The smallest absolute Gasteiger partial charge is 0.273 e. The molecule has 0 aliphatic heterocycles. The maximum atomic E-state index is 12.9. The van der Waals surface area contributed by atoms with Crippen molar-refractivity contribution in [1.29, 1.82) is 0 Å². The van der Waals surface area contributed by atoms with Crippen LogP contribution >= 0.6 is 15.9 Å². The van der Waals surface area contributed by atoms with E-state index in [-0.39, 0.29) is 5.91 Å². The molecule has 0 aliphatic rings. The third kappa shape index (κ3) is 3.29. The third-order valence-corrected chi connectivity index (χ3v) is 5.19. The summed E-state index contributed by atoms with van der Waals surface area (Å²) >= 11 is 3.45. The molecule has 2 aromatic heterocycles. The molecule has 0 bridgehead atoms. The number of H-pyrrole nitrogens is 1. The number of carbonyl (C=O) groups is 1. The highest BCUT2D eigenvalue weighted by atomic mass is 79.9. The van der Waals surface area contributed by atoms with Crippen molar-refractivity contribution in [2.24, 2.45) is 7.05 Å². The van der Waals surface area contributed by atoms with E-state index in [1.807, 2.05) is 62.5 Å². The van der Waals surface area contributed by atoms with Crippen molar-refractivity contribution in [3.05, 3.63) is 64.4 Å². The van der Waals surface area contributed by atoms with Crippen LogP contribution < -0.4 is 10.1 Å². The second-order valence-electron chi connectivity index (χ2n) is 6.53. The van der Waals surface area contributed by atoms with E-state index in [1.54, 1.807) is 11.8 Å². The number of methoxy groups -OCH3 is 1. The van der Waals surface area contributed by atoms with Gasteiger partial charge in [0.15, 0.2) is 0 Å². The zero-order chi connectivity index (χ0) is 19.8. The molecule has 0 unspecified atom stereocenters. The molecule has 142 valence electrons. The second-order valence-corrected chi connectivity index (χ2v) is 7.45. The van der Waals surface area contributed by atoms with Gasteiger partial charge in [0, 0.05) is 34.1 Å². The number of anilines is 1. The van der Waals surface area contributed by atoms with Crippen LogP contribution in [0.25, 0.3) is 22.0 Å². The summed E-state index contributed by atoms with van der Waals surface area (Å²) in [6.45, 7) is 1.93. The van der Waals surface area contributed by atoms with Gasteiger partial charge in [-0.15, -0.1) is 0 Å². The zero-order valence-corrected chi connectivity index (χ0v) is 17.3. The van der Waals surface area contributed by atoms with Gasteiger partial charge in [0.1, 0.15) is 17.3 Å². The van der Waals surface area contributed by atoms with Gasteiger partial charge in [-0.05, 0) is 42.8 Å². The second kappa shape index (κ2) is 7.16. The van der Waals surface area contributed by atoms with Gasteiger partial charge in [0.25, 0.3) is 5.91 Å². The molecule has 7 heteroatoms. The minimum absolute atomic E-state index is 0.225. The van der Waals surface area contributed by atoms with Gasteiger partial charge in [-0.1, -0.05) is 28.1 Å².